The molecule has 0 amide bonds. The van der Waals surface area contributed by atoms with Gasteiger partial charge in [0.1, 0.15) is 0 Å². The Bertz CT molecular complexity index is 288. The van der Waals surface area contributed by atoms with Crippen LogP contribution in [-0.4, -0.2) is 16.8 Å². The van der Waals surface area contributed by atoms with Crippen molar-refractivity contribution < 1.29 is 9.90 Å². The molecule has 0 radical (unpaired) electrons. The zero-order chi connectivity index (χ0) is 8.97. The molecule has 0 bridgehead atoms. The van der Waals surface area contributed by atoms with Crippen LogP contribution in [0.5, 0.6) is 0 Å². The van der Waals surface area contributed by atoms with Crippen molar-refractivity contribution in [2.75, 3.05) is 5.75 Å². The van der Waals surface area contributed by atoms with E-state index >= 15 is 0 Å². The monoisotopic (exact) mass is 246 g/mol. The average Bonchev–Trinajstić information content (AvgIpc) is 2.01. The number of carbonyl (C=O) groups is 1. The topological polar surface area (TPSA) is 37.3 Å². The molecule has 1 rings (SSSR count). The van der Waals surface area contributed by atoms with E-state index in [1.54, 1.807) is 0 Å². The van der Waals surface area contributed by atoms with E-state index in [0.29, 0.717) is 0 Å². The van der Waals surface area contributed by atoms with Gasteiger partial charge in [0.15, 0.2) is 0 Å². The van der Waals surface area contributed by atoms with Crippen LogP contribution >= 0.6 is 27.7 Å². The number of rotatable bonds is 3. The summed E-state index contributed by atoms with van der Waals surface area (Å²) in [6.45, 7) is 0. The van der Waals surface area contributed by atoms with E-state index in [0.717, 1.165) is 9.37 Å². The zero-order valence-electron chi connectivity index (χ0n) is 6.16. The molecule has 0 atom stereocenters. The first-order valence-corrected chi connectivity index (χ1v) is 5.06. The van der Waals surface area contributed by atoms with E-state index in [4.69, 9.17) is 5.11 Å². The lowest BCUT2D eigenvalue weighted by molar-refractivity contribution is -0.133. The summed E-state index contributed by atoms with van der Waals surface area (Å²) in [7, 11) is 0. The van der Waals surface area contributed by atoms with E-state index in [1.165, 1.54) is 11.8 Å². The predicted molar refractivity (Wildman–Crippen MR) is 52.5 cm³/mol. The molecule has 12 heavy (non-hydrogen) atoms. The van der Waals surface area contributed by atoms with Crippen molar-refractivity contribution in [1.82, 2.24) is 0 Å². The van der Waals surface area contributed by atoms with Crippen LogP contribution in [0.4, 0.5) is 0 Å². The number of hydrogen-bond acceptors (Lipinski definition) is 2. The second-order valence-electron chi connectivity index (χ2n) is 2.14. The Balaban J connectivity index is 2.57. The van der Waals surface area contributed by atoms with E-state index in [-0.39, 0.29) is 5.75 Å². The maximum atomic E-state index is 10.2. The van der Waals surface area contributed by atoms with Crippen LogP contribution < -0.4 is 0 Å². The van der Waals surface area contributed by atoms with Crippen LogP contribution in [0.2, 0.25) is 0 Å². The first kappa shape index (κ1) is 9.61. The summed E-state index contributed by atoms with van der Waals surface area (Å²) in [6.07, 6.45) is 0. The molecule has 0 saturated carbocycles. The summed E-state index contributed by atoms with van der Waals surface area (Å²) < 4.78 is 0.970. The largest absolute Gasteiger partial charge is 0.481 e. The summed E-state index contributed by atoms with van der Waals surface area (Å²) in [4.78, 5) is 11.2. The van der Waals surface area contributed by atoms with Crippen molar-refractivity contribution in [1.29, 1.82) is 0 Å². The fourth-order valence-corrected chi connectivity index (χ4v) is 1.93. The number of hydrogen-bond donors (Lipinski definition) is 1. The Kier molecular flexibility index (Phi) is 3.62. The molecule has 0 aliphatic carbocycles. The Labute approximate surface area is 83.1 Å². The van der Waals surface area contributed by atoms with Crippen LogP contribution in [0.3, 0.4) is 0 Å². The first-order valence-electron chi connectivity index (χ1n) is 3.28. The maximum absolute atomic E-state index is 10.2. The van der Waals surface area contributed by atoms with Crippen molar-refractivity contribution >= 4 is 33.7 Å². The lowest BCUT2D eigenvalue weighted by atomic mass is 10.4. The molecule has 0 unspecified atom stereocenters. The zero-order valence-corrected chi connectivity index (χ0v) is 8.56. The standard InChI is InChI=1S/C8H7BrO2S/c9-6-2-1-3-7(4-6)12-5-8(10)11/h1-4H,5H2,(H,10,11). The smallest absolute Gasteiger partial charge is 0.313 e. The molecule has 0 aliphatic heterocycles. The lowest BCUT2D eigenvalue weighted by Crippen LogP contribution is -1.97. The van der Waals surface area contributed by atoms with E-state index in [9.17, 15) is 4.79 Å². The highest BCUT2D eigenvalue weighted by Crippen LogP contribution is 2.21. The van der Waals surface area contributed by atoms with Crippen molar-refractivity contribution in [2.24, 2.45) is 0 Å². The molecule has 2 nitrogen and oxygen atoms in total. The minimum atomic E-state index is -0.792. The quantitative estimate of drug-likeness (QED) is 0.834. The number of halogens is 1. The minimum absolute atomic E-state index is 0.108. The molecule has 0 aromatic heterocycles. The van der Waals surface area contributed by atoms with Gasteiger partial charge in [0.25, 0.3) is 0 Å². The van der Waals surface area contributed by atoms with Crippen LogP contribution in [0.1, 0.15) is 0 Å². The third-order valence-electron chi connectivity index (χ3n) is 1.16. The minimum Gasteiger partial charge on any atom is -0.481 e. The Morgan fingerprint density at radius 1 is 1.58 bits per heavy atom. The molecular formula is C8H7BrO2S. The first-order chi connectivity index (χ1) is 5.68. The average molecular weight is 247 g/mol. The summed E-state index contributed by atoms with van der Waals surface area (Å²) in [5.41, 5.74) is 0. The molecular weight excluding hydrogens is 240 g/mol. The molecule has 0 aliphatic rings. The highest BCUT2D eigenvalue weighted by molar-refractivity contribution is 9.10. The van der Waals surface area contributed by atoms with E-state index < -0.39 is 5.97 Å². The van der Waals surface area contributed by atoms with Gasteiger partial charge in [0.05, 0.1) is 5.75 Å². The van der Waals surface area contributed by atoms with Crippen LogP contribution in [0.15, 0.2) is 33.6 Å². The summed E-state index contributed by atoms with van der Waals surface area (Å²) in [5.74, 6) is -0.684. The molecule has 0 fully saturated rings. The van der Waals surface area contributed by atoms with Crippen molar-refractivity contribution in [3.8, 4) is 0 Å². The van der Waals surface area contributed by atoms with Gasteiger partial charge in [-0.15, -0.1) is 11.8 Å². The molecule has 4 heteroatoms. The SMILES string of the molecule is O=C(O)CSc1cccc(Br)c1. The third-order valence-corrected chi connectivity index (χ3v) is 2.63. The highest BCUT2D eigenvalue weighted by Gasteiger charge is 1.99. The van der Waals surface area contributed by atoms with Gasteiger partial charge in [-0.1, -0.05) is 22.0 Å². The van der Waals surface area contributed by atoms with Gasteiger partial charge < -0.3 is 5.11 Å². The van der Waals surface area contributed by atoms with E-state index in [1.807, 2.05) is 24.3 Å². The summed E-state index contributed by atoms with van der Waals surface area (Å²) in [5, 5.41) is 8.41. The number of benzene rings is 1. The summed E-state index contributed by atoms with van der Waals surface area (Å²) >= 11 is 4.62. The van der Waals surface area contributed by atoms with E-state index in [2.05, 4.69) is 15.9 Å². The fourth-order valence-electron chi connectivity index (χ4n) is 0.702. The van der Waals surface area contributed by atoms with Gasteiger partial charge in [-0.3, -0.25) is 4.79 Å². The second kappa shape index (κ2) is 4.52. The molecule has 0 spiro atoms. The van der Waals surface area contributed by atoms with Gasteiger partial charge in [-0.25, -0.2) is 0 Å². The highest BCUT2D eigenvalue weighted by atomic mass is 79.9. The Morgan fingerprint density at radius 2 is 2.33 bits per heavy atom. The van der Waals surface area contributed by atoms with Gasteiger partial charge in [-0.05, 0) is 18.2 Å². The van der Waals surface area contributed by atoms with Crippen molar-refractivity contribution in [3.63, 3.8) is 0 Å². The van der Waals surface area contributed by atoms with Gasteiger partial charge in [0.2, 0.25) is 0 Å². The maximum Gasteiger partial charge on any atom is 0.313 e. The molecule has 0 saturated heterocycles. The molecule has 0 heterocycles. The lowest BCUT2D eigenvalue weighted by Gasteiger charge is -1.97. The fraction of sp³-hybridized carbons (Fsp3) is 0.125. The molecule has 1 aromatic carbocycles. The number of thioether (sulfide) groups is 1. The molecule has 1 N–H and O–H groups in total. The normalized spacial score (nSPS) is 9.75. The molecule has 64 valence electrons. The van der Waals surface area contributed by atoms with Crippen molar-refractivity contribution in [2.45, 2.75) is 4.90 Å². The predicted octanol–water partition coefficient (Wildman–Crippen LogP) is 2.63. The number of carboxylic acids is 1. The van der Waals surface area contributed by atoms with Crippen LogP contribution in [-0.2, 0) is 4.79 Å². The van der Waals surface area contributed by atoms with Gasteiger partial charge >= 0.3 is 5.97 Å². The van der Waals surface area contributed by atoms with Crippen LogP contribution in [0, 0.1) is 0 Å². The van der Waals surface area contributed by atoms with Crippen LogP contribution in [0.25, 0.3) is 0 Å². The Morgan fingerprint density at radius 3 is 2.92 bits per heavy atom. The van der Waals surface area contributed by atoms with Gasteiger partial charge in [-0.2, -0.15) is 0 Å². The summed E-state index contributed by atoms with van der Waals surface area (Å²) in [6, 6.07) is 7.57. The molecule has 1 aromatic rings. The third kappa shape index (κ3) is 3.28. The van der Waals surface area contributed by atoms with Crippen molar-refractivity contribution in [3.05, 3.63) is 28.7 Å². The van der Waals surface area contributed by atoms with Gasteiger partial charge in [0, 0.05) is 9.37 Å². The second-order valence-corrected chi connectivity index (χ2v) is 4.10. The Hall–Kier alpha value is -0.480. The number of carboxylic acid groups (broad SMARTS) is 1. The number of aliphatic carboxylic acids is 1.